The van der Waals surface area contributed by atoms with Crippen LogP contribution in [0.1, 0.15) is 23.0 Å². The lowest BCUT2D eigenvalue weighted by molar-refractivity contribution is -0.141. The lowest BCUT2D eigenvalue weighted by Gasteiger charge is -2.10. The van der Waals surface area contributed by atoms with Crippen LogP contribution in [0.2, 0.25) is 10.2 Å². The number of halogens is 5. The van der Waals surface area contributed by atoms with Crippen molar-refractivity contribution in [2.45, 2.75) is 13.1 Å². The summed E-state index contributed by atoms with van der Waals surface area (Å²) < 4.78 is 41.6. The SMILES string of the molecule is CCOC(=O)c1c(Cl)cc(C(F)(F)F)nc1Cl. The van der Waals surface area contributed by atoms with Gasteiger partial charge in [0.15, 0.2) is 0 Å². The first-order valence-electron chi connectivity index (χ1n) is 4.37. The van der Waals surface area contributed by atoms with E-state index in [9.17, 15) is 18.0 Å². The van der Waals surface area contributed by atoms with Crippen LogP contribution in [0, 0.1) is 0 Å². The monoisotopic (exact) mass is 287 g/mol. The van der Waals surface area contributed by atoms with Crippen LogP contribution in [0.4, 0.5) is 13.2 Å². The van der Waals surface area contributed by atoms with E-state index in [1.165, 1.54) is 6.92 Å². The number of ether oxygens (including phenoxy) is 1. The van der Waals surface area contributed by atoms with Crippen molar-refractivity contribution >= 4 is 29.2 Å². The second-order valence-electron chi connectivity index (χ2n) is 2.87. The molecule has 0 amide bonds. The number of carbonyl (C=O) groups is 1. The molecule has 0 radical (unpaired) electrons. The Morgan fingerprint density at radius 3 is 2.47 bits per heavy atom. The molecule has 1 aromatic rings. The lowest BCUT2D eigenvalue weighted by Crippen LogP contribution is -2.12. The van der Waals surface area contributed by atoms with E-state index < -0.39 is 28.0 Å². The topological polar surface area (TPSA) is 39.2 Å². The Morgan fingerprint density at radius 1 is 1.47 bits per heavy atom. The molecule has 1 aromatic heterocycles. The van der Waals surface area contributed by atoms with Crippen molar-refractivity contribution in [1.29, 1.82) is 0 Å². The molecule has 0 atom stereocenters. The predicted octanol–water partition coefficient (Wildman–Crippen LogP) is 3.58. The molecule has 0 saturated carbocycles. The van der Waals surface area contributed by atoms with Gasteiger partial charge in [-0.15, -0.1) is 0 Å². The second-order valence-corrected chi connectivity index (χ2v) is 3.64. The van der Waals surface area contributed by atoms with Crippen LogP contribution < -0.4 is 0 Å². The second kappa shape index (κ2) is 5.10. The molecular weight excluding hydrogens is 282 g/mol. The molecule has 3 nitrogen and oxygen atoms in total. The maximum atomic E-state index is 12.3. The molecule has 0 spiro atoms. The minimum atomic E-state index is -4.68. The third kappa shape index (κ3) is 3.23. The number of pyridine rings is 1. The maximum Gasteiger partial charge on any atom is 0.433 e. The van der Waals surface area contributed by atoms with E-state index in [2.05, 4.69) is 9.72 Å². The summed E-state index contributed by atoms with van der Waals surface area (Å²) in [6.07, 6.45) is -4.68. The summed E-state index contributed by atoms with van der Waals surface area (Å²) in [6, 6.07) is 0.527. The third-order valence-corrected chi connectivity index (χ3v) is 2.27. The average molecular weight is 288 g/mol. The number of rotatable bonds is 2. The minimum absolute atomic E-state index is 0.0481. The van der Waals surface area contributed by atoms with Crippen molar-refractivity contribution in [2.24, 2.45) is 0 Å². The van der Waals surface area contributed by atoms with Gasteiger partial charge in [0.1, 0.15) is 16.4 Å². The summed E-state index contributed by atoms with van der Waals surface area (Å²) in [7, 11) is 0. The molecule has 0 aliphatic heterocycles. The zero-order valence-electron chi connectivity index (χ0n) is 8.44. The Kier molecular flexibility index (Phi) is 4.21. The van der Waals surface area contributed by atoms with Crippen LogP contribution in [0.5, 0.6) is 0 Å². The summed E-state index contributed by atoms with van der Waals surface area (Å²) >= 11 is 11.0. The highest BCUT2D eigenvalue weighted by Gasteiger charge is 2.34. The maximum absolute atomic E-state index is 12.3. The zero-order valence-corrected chi connectivity index (χ0v) is 9.95. The van der Waals surface area contributed by atoms with Crippen LogP contribution in [-0.2, 0) is 10.9 Å². The van der Waals surface area contributed by atoms with Gasteiger partial charge in [0.2, 0.25) is 0 Å². The van der Waals surface area contributed by atoms with Gasteiger partial charge < -0.3 is 4.74 Å². The highest BCUT2D eigenvalue weighted by molar-refractivity contribution is 6.38. The van der Waals surface area contributed by atoms with Crippen LogP contribution in [0.15, 0.2) is 6.07 Å². The van der Waals surface area contributed by atoms with Crippen molar-refractivity contribution in [3.8, 4) is 0 Å². The summed E-state index contributed by atoms with van der Waals surface area (Å²) in [4.78, 5) is 14.4. The Bertz CT molecular complexity index is 425. The number of nitrogens with zero attached hydrogens (tertiary/aromatic N) is 1. The van der Waals surface area contributed by atoms with E-state index in [1.807, 2.05) is 0 Å². The van der Waals surface area contributed by atoms with Gasteiger partial charge in [-0.2, -0.15) is 13.2 Å². The van der Waals surface area contributed by atoms with Gasteiger partial charge >= 0.3 is 12.1 Å². The van der Waals surface area contributed by atoms with Gasteiger partial charge in [0.05, 0.1) is 11.6 Å². The quantitative estimate of drug-likeness (QED) is 0.616. The number of hydrogen-bond acceptors (Lipinski definition) is 3. The molecule has 17 heavy (non-hydrogen) atoms. The van der Waals surface area contributed by atoms with Gasteiger partial charge in [0, 0.05) is 0 Å². The van der Waals surface area contributed by atoms with E-state index in [0.717, 1.165) is 0 Å². The number of alkyl halides is 3. The van der Waals surface area contributed by atoms with Crippen molar-refractivity contribution in [2.75, 3.05) is 6.61 Å². The molecule has 0 N–H and O–H groups in total. The van der Waals surface area contributed by atoms with Crippen molar-refractivity contribution in [3.63, 3.8) is 0 Å². The van der Waals surface area contributed by atoms with Crippen LogP contribution >= 0.6 is 23.2 Å². The highest BCUT2D eigenvalue weighted by atomic mass is 35.5. The molecule has 0 aliphatic carbocycles. The Labute approximate surface area is 104 Å². The van der Waals surface area contributed by atoms with Gasteiger partial charge in [-0.3, -0.25) is 0 Å². The molecule has 0 fully saturated rings. The molecule has 0 bridgehead atoms. The van der Waals surface area contributed by atoms with Crippen LogP contribution in [-0.4, -0.2) is 17.6 Å². The first-order valence-corrected chi connectivity index (χ1v) is 5.13. The van der Waals surface area contributed by atoms with E-state index in [-0.39, 0.29) is 12.2 Å². The van der Waals surface area contributed by atoms with Crippen molar-refractivity contribution in [1.82, 2.24) is 4.98 Å². The number of carbonyl (C=O) groups excluding carboxylic acids is 1. The average Bonchev–Trinajstić information content (AvgIpc) is 2.15. The van der Waals surface area contributed by atoms with Crippen molar-refractivity contribution in [3.05, 3.63) is 27.5 Å². The normalized spacial score (nSPS) is 11.4. The molecule has 1 heterocycles. The van der Waals surface area contributed by atoms with Crippen LogP contribution in [0.25, 0.3) is 0 Å². The molecular formula is C9H6Cl2F3NO2. The highest BCUT2D eigenvalue weighted by Crippen LogP contribution is 2.33. The van der Waals surface area contributed by atoms with Gasteiger partial charge in [-0.1, -0.05) is 23.2 Å². The predicted molar refractivity (Wildman–Crippen MR) is 55.2 cm³/mol. The van der Waals surface area contributed by atoms with E-state index in [4.69, 9.17) is 23.2 Å². The van der Waals surface area contributed by atoms with E-state index in [0.29, 0.717) is 6.07 Å². The first kappa shape index (κ1) is 14.1. The fraction of sp³-hybridized carbons (Fsp3) is 0.333. The number of hydrogen-bond donors (Lipinski definition) is 0. The molecule has 0 unspecified atom stereocenters. The number of esters is 1. The summed E-state index contributed by atoms with van der Waals surface area (Å²) in [5.74, 6) is -0.913. The third-order valence-electron chi connectivity index (χ3n) is 1.70. The lowest BCUT2D eigenvalue weighted by atomic mass is 10.2. The molecule has 94 valence electrons. The van der Waals surface area contributed by atoms with Crippen LogP contribution in [0.3, 0.4) is 0 Å². The Balaban J connectivity index is 3.25. The largest absolute Gasteiger partial charge is 0.462 e. The Hall–Kier alpha value is -1.01. The molecule has 8 heteroatoms. The smallest absolute Gasteiger partial charge is 0.433 e. The van der Waals surface area contributed by atoms with Crippen molar-refractivity contribution < 1.29 is 22.7 Å². The zero-order chi connectivity index (χ0) is 13.2. The molecule has 0 aliphatic rings. The van der Waals surface area contributed by atoms with E-state index >= 15 is 0 Å². The molecule has 0 saturated heterocycles. The summed E-state index contributed by atoms with van der Waals surface area (Å²) in [5.41, 5.74) is -1.64. The molecule has 1 rings (SSSR count). The fourth-order valence-corrected chi connectivity index (χ4v) is 1.60. The standard InChI is InChI=1S/C9H6Cl2F3NO2/c1-2-17-8(16)6-4(10)3-5(9(12,13)14)15-7(6)11/h3H,2H2,1H3. The summed E-state index contributed by atoms with van der Waals surface area (Å²) in [6.45, 7) is 1.59. The number of aromatic nitrogens is 1. The molecule has 0 aromatic carbocycles. The summed E-state index contributed by atoms with van der Waals surface area (Å²) in [5, 5.41) is -1.08. The fourth-order valence-electron chi connectivity index (χ4n) is 1.01. The first-order chi connectivity index (χ1) is 7.77. The Morgan fingerprint density at radius 2 is 2.06 bits per heavy atom. The van der Waals surface area contributed by atoms with Gasteiger partial charge in [-0.25, -0.2) is 9.78 Å². The van der Waals surface area contributed by atoms with Gasteiger partial charge in [0.25, 0.3) is 0 Å². The van der Waals surface area contributed by atoms with E-state index in [1.54, 1.807) is 0 Å². The van der Waals surface area contributed by atoms with Gasteiger partial charge in [-0.05, 0) is 13.0 Å². The minimum Gasteiger partial charge on any atom is -0.462 e.